The molecule has 0 spiro atoms. The molecule has 5 heteroatoms. The van der Waals surface area contributed by atoms with Gasteiger partial charge in [0.1, 0.15) is 6.61 Å². The van der Waals surface area contributed by atoms with Gasteiger partial charge in [-0.25, -0.2) is 9.59 Å². The summed E-state index contributed by atoms with van der Waals surface area (Å²) >= 11 is 0. The highest BCUT2D eigenvalue weighted by atomic mass is 16.6. The summed E-state index contributed by atoms with van der Waals surface area (Å²) in [4.78, 5) is 21.7. The predicted molar refractivity (Wildman–Crippen MR) is 60.0 cm³/mol. The maximum absolute atomic E-state index is 11.1. The molecule has 0 aromatic rings. The Hall–Kier alpha value is -1.52. The van der Waals surface area contributed by atoms with Gasteiger partial charge >= 0.3 is 12.1 Å². The van der Waals surface area contributed by atoms with E-state index in [1.807, 2.05) is 13.8 Å². The summed E-state index contributed by atoms with van der Waals surface area (Å²) in [5, 5.41) is 2.47. The molecular formula is C11H19NO4. The van der Waals surface area contributed by atoms with Crippen molar-refractivity contribution in [1.82, 2.24) is 5.32 Å². The van der Waals surface area contributed by atoms with E-state index in [1.54, 1.807) is 0 Å². The van der Waals surface area contributed by atoms with E-state index in [0.29, 0.717) is 12.5 Å². The van der Waals surface area contributed by atoms with Gasteiger partial charge in [0.05, 0.1) is 13.2 Å². The van der Waals surface area contributed by atoms with Crippen LogP contribution in [-0.4, -0.2) is 31.8 Å². The average Bonchev–Trinajstić information content (AvgIpc) is 2.31. The number of hydrogen-bond donors (Lipinski definition) is 1. The van der Waals surface area contributed by atoms with Crippen molar-refractivity contribution in [2.24, 2.45) is 5.92 Å². The minimum absolute atomic E-state index is 0.114. The minimum atomic E-state index is -0.505. The topological polar surface area (TPSA) is 64.6 Å². The fraction of sp³-hybridized carbons (Fsp3) is 0.636. The van der Waals surface area contributed by atoms with Gasteiger partial charge in [0.2, 0.25) is 0 Å². The van der Waals surface area contributed by atoms with Crippen LogP contribution in [0.15, 0.2) is 12.7 Å². The Morgan fingerprint density at radius 1 is 1.44 bits per heavy atom. The first kappa shape index (κ1) is 14.5. The molecular weight excluding hydrogens is 210 g/mol. The molecule has 0 radical (unpaired) electrons. The number of rotatable bonds is 7. The minimum Gasteiger partial charge on any atom is -0.461 e. The van der Waals surface area contributed by atoms with Crippen LogP contribution in [0.1, 0.15) is 20.3 Å². The van der Waals surface area contributed by atoms with Crippen LogP contribution in [0.2, 0.25) is 0 Å². The Morgan fingerprint density at radius 3 is 2.69 bits per heavy atom. The van der Waals surface area contributed by atoms with Crippen molar-refractivity contribution in [2.75, 3.05) is 19.8 Å². The highest BCUT2D eigenvalue weighted by molar-refractivity contribution is 5.81. The molecule has 5 nitrogen and oxygen atoms in total. The number of carbonyl (C=O) groups is 2. The average molecular weight is 229 g/mol. The number of ether oxygens (including phenoxy) is 2. The van der Waals surface area contributed by atoms with E-state index in [-0.39, 0.29) is 13.2 Å². The summed E-state index contributed by atoms with van der Waals surface area (Å²) in [6.45, 7) is 8.02. The van der Waals surface area contributed by atoms with Crippen LogP contribution in [0.5, 0.6) is 0 Å². The lowest BCUT2D eigenvalue weighted by Gasteiger charge is -2.10. The molecule has 0 saturated heterocycles. The molecule has 92 valence electrons. The van der Waals surface area contributed by atoms with Crippen molar-refractivity contribution in [1.29, 1.82) is 0 Å². The second kappa shape index (κ2) is 8.76. The SMILES string of the molecule is C=CC(=O)OCCNC(=O)OCC(C)CC. The fourth-order valence-electron chi connectivity index (χ4n) is 0.750. The normalized spacial score (nSPS) is 11.4. The summed E-state index contributed by atoms with van der Waals surface area (Å²) in [6.07, 6.45) is 1.54. The van der Waals surface area contributed by atoms with E-state index in [4.69, 9.17) is 4.74 Å². The Bertz CT molecular complexity index is 240. The van der Waals surface area contributed by atoms with Gasteiger partial charge in [-0.05, 0) is 5.92 Å². The Labute approximate surface area is 95.8 Å². The second-order valence-electron chi connectivity index (χ2n) is 3.41. The van der Waals surface area contributed by atoms with E-state index >= 15 is 0 Å². The van der Waals surface area contributed by atoms with Crippen molar-refractivity contribution >= 4 is 12.1 Å². The van der Waals surface area contributed by atoms with Gasteiger partial charge in [-0.15, -0.1) is 0 Å². The first-order valence-electron chi connectivity index (χ1n) is 5.30. The Balaban J connectivity index is 3.44. The highest BCUT2D eigenvalue weighted by Crippen LogP contribution is 2.00. The van der Waals surface area contributed by atoms with Crippen LogP contribution in [0, 0.1) is 5.92 Å². The Morgan fingerprint density at radius 2 is 2.12 bits per heavy atom. The van der Waals surface area contributed by atoms with Crippen molar-refractivity contribution in [3.8, 4) is 0 Å². The molecule has 0 aliphatic carbocycles. The molecule has 0 rings (SSSR count). The third kappa shape index (κ3) is 7.84. The number of amides is 1. The molecule has 0 saturated carbocycles. The number of esters is 1. The summed E-state index contributed by atoms with van der Waals surface area (Å²) in [5.41, 5.74) is 0. The lowest BCUT2D eigenvalue weighted by Crippen LogP contribution is -2.29. The van der Waals surface area contributed by atoms with E-state index in [2.05, 4.69) is 16.6 Å². The molecule has 0 aliphatic rings. The highest BCUT2D eigenvalue weighted by Gasteiger charge is 2.05. The molecule has 0 heterocycles. The van der Waals surface area contributed by atoms with E-state index in [1.165, 1.54) is 0 Å². The third-order valence-corrected chi connectivity index (χ3v) is 1.98. The van der Waals surface area contributed by atoms with Crippen LogP contribution < -0.4 is 5.32 Å². The van der Waals surface area contributed by atoms with Crippen LogP contribution in [0.25, 0.3) is 0 Å². The van der Waals surface area contributed by atoms with Crippen molar-refractivity contribution < 1.29 is 19.1 Å². The molecule has 1 atom stereocenters. The molecule has 0 bridgehead atoms. The van der Waals surface area contributed by atoms with Gasteiger partial charge in [0.25, 0.3) is 0 Å². The third-order valence-electron chi connectivity index (χ3n) is 1.98. The van der Waals surface area contributed by atoms with Crippen molar-refractivity contribution in [3.63, 3.8) is 0 Å². The zero-order valence-corrected chi connectivity index (χ0v) is 9.82. The molecule has 1 amide bonds. The van der Waals surface area contributed by atoms with Gasteiger partial charge in [-0.3, -0.25) is 0 Å². The van der Waals surface area contributed by atoms with Gasteiger partial charge in [0.15, 0.2) is 0 Å². The van der Waals surface area contributed by atoms with Gasteiger partial charge in [-0.1, -0.05) is 26.8 Å². The number of alkyl carbamates (subject to hydrolysis) is 1. The van der Waals surface area contributed by atoms with Gasteiger partial charge < -0.3 is 14.8 Å². The van der Waals surface area contributed by atoms with Gasteiger partial charge in [0, 0.05) is 6.08 Å². The maximum atomic E-state index is 11.1. The quantitative estimate of drug-likeness (QED) is 0.408. The zero-order valence-electron chi connectivity index (χ0n) is 9.82. The van der Waals surface area contributed by atoms with E-state index < -0.39 is 12.1 Å². The standard InChI is InChI=1S/C11H19NO4/c1-4-9(3)8-16-11(14)12-6-7-15-10(13)5-2/h5,9H,2,4,6-8H2,1,3H3,(H,12,14). The lowest BCUT2D eigenvalue weighted by molar-refractivity contribution is -0.137. The molecule has 0 aromatic carbocycles. The molecule has 1 unspecified atom stereocenters. The van der Waals surface area contributed by atoms with Crippen LogP contribution in [0.3, 0.4) is 0 Å². The molecule has 16 heavy (non-hydrogen) atoms. The second-order valence-corrected chi connectivity index (χ2v) is 3.41. The predicted octanol–water partition coefficient (Wildman–Crippen LogP) is 1.49. The molecule has 0 fully saturated rings. The number of carbonyl (C=O) groups excluding carboxylic acids is 2. The first-order valence-corrected chi connectivity index (χ1v) is 5.30. The maximum Gasteiger partial charge on any atom is 0.407 e. The van der Waals surface area contributed by atoms with Crippen LogP contribution in [-0.2, 0) is 14.3 Å². The molecule has 0 aromatic heterocycles. The van der Waals surface area contributed by atoms with Crippen molar-refractivity contribution in [3.05, 3.63) is 12.7 Å². The number of hydrogen-bond acceptors (Lipinski definition) is 4. The largest absolute Gasteiger partial charge is 0.461 e. The zero-order chi connectivity index (χ0) is 12.4. The van der Waals surface area contributed by atoms with E-state index in [9.17, 15) is 9.59 Å². The van der Waals surface area contributed by atoms with Crippen molar-refractivity contribution in [2.45, 2.75) is 20.3 Å². The Kier molecular flexibility index (Phi) is 7.93. The fourth-order valence-corrected chi connectivity index (χ4v) is 0.750. The molecule has 0 aliphatic heterocycles. The summed E-state index contributed by atoms with van der Waals surface area (Å²) in [7, 11) is 0. The van der Waals surface area contributed by atoms with Gasteiger partial charge in [-0.2, -0.15) is 0 Å². The summed E-state index contributed by atoms with van der Waals surface area (Å²) in [5.74, 6) is -0.154. The smallest absolute Gasteiger partial charge is 0.407 e. The summed E-state index contributed by atoms with van der Waals surface area (Å²) < 4.78 is 9.58. The summed E-state index contributed by atoms with van der Waals surface area (Å²) in [6, 6.07) is 0. The first-order chi connectivity index (χ1) is 7.60. The number of nitrogens with one attached hydrogen (secondary N) is 1. The van der Waals surface area contributed by atoms with Crippen LogP contribution >= 0.6 is 0 Å². The van der Waals surface area contributed by atoms with Crippen LogP contribution in [0.4, 0.5) is 4.79 Å². The van der Waals surface area contributed by atoms with E-state index in [0.717, 1.165) is 12.5 Å². The monoisotopic (exact) mass is 229 g/mol. The lowest BCUT2D eigenvalue weighted by atomic mass is 10.1. The molecule has 1 N–H and O–H groups in total.